The molecule has 0 N–H and O–H groups in total. The van der Waals surface area contributed by atoms with Gasteiger partial charge in [-0.25, -0.2) is 0 Å². The van der Waals surface area contributed by atoms with E-state index in [0.717, 1.165) is 0 Å². The Morgan fingerprint density at radius 1 is 0.714 bits per heavy atom. The molecule has 1 aliphatic heterocycles. The summed E-state index contributed by atoms with van der Waals surface area (Å²) >= 11 is 0. The molecule has 0 amide bonds. The Morgan fingerprint density at radius 2 is 1.00 bits per heavy atom. The van der Waals surface area contributed by atoms with Gasteiger partial charge >= 0.3 is 14.2 Å². The zero-order valence-corrected chi connectivity index (χ0v) is 10.4. The molecule has 0 aliphatic carbocycles. The predicted molar refractivity (Wildman–Crippen MR) is 62.2 cm³/mol. The van der Waals surface area contributed by atoms with E-state index in [-0.39, 0.29) is 0 Å². The summed E-state index contributed by atoms with van der Waals surface area (Å²) in [5.41, 5.74) is 0. The topological polar surface area (TPSA) is 16.2 Å². The third-order valence-electron chi connectivity index (χ3n) is 2.82. The van der Waals surface area contributed by atoms with Crippen molar-refractivity contribution < 1.29 is 0 Å². The zero-order valence-electron chi connectivity index (χ0n) is 10.4. The van der Waals surface area contributed by atoms with E-state index in [1.165, 1.54) is 0 Å². The van der Waals surface area contributed by atoms with E-state index in [1.54, 1.807) is 0 Å². The molecule has 0 aromatic heterocycles. The standard InChI is InChI=1S/C7H21B2N5/c1-10(2)8-12(5)9(11(3)4)14(7)13(8)6/h1-7H3. The van der Waals surface area contributed by atoms with Crippen molar-refractivity contribution in [3.05, 3.63) is 0 Å². The zero-order chi connectivity index (χ0) is 11.0. The molecular weight excluding hydrogens is 176 g/mol. The highest BCUT2D eigenvalue weighted by Gasteiger charge is 2.49. The average molecular weight is 197 g/mol. The summed E-state index contributed by atoms with van der Waals surface area (Å²) in [5, 5.41) is 0. The van der Waals surface area contributed by atoms with E-state index in [0.29, 0.717) is 14.2 Å². The monoisotopic (exact) mass is 197 g/mol. The third-order valence-corrected chi connectivity index (χ3v) is 2.82. The first-order valence-corrected chi connectivity index (χ1v) is 4.88. The van der Waals surface area contributed by atoms with Crippen LogP contribution in [0.4, 0.5) is 0 Å². The Labute approximate surface area is 88.5 Å². The number of rotatable bonds is 2. The van der Waals surface area contributed by atoms with Crippen molar-refractivity contribution in [1.82, 2.24) is 24.2 Å². The molecule has 14 heavy (non-hydrogen) atoms. The Hall–Kier alpha value is -0.0701. The van der Waals surface area contributed by atoms with Crippen LogP contribution in [0.3, 0.4) is 0 Å². The van der Waals surface area contributed by atoms with E-state index in [2.05, 4.69) is 73.5 Å². The molecule has 1 heterocycles. The molecule has 0 radical (unpaired) electrons. The van der Waals surface area contributed by atoms with Gasteiger partial charge in [0.15, 0.2) is 0 Å². The number of hydrazine groups is 1. The average Bonchev–Trinajstić information content (AvgIpc) is 2.23. The van der Waals surface area contributed by atoms with Gasteiger partial charge in [-0.15, -0.1) is 0 Å². The lowest BCUT2D eigenvalue weighted by Gasteiger charge is -2.27. The Morgan fingerprint density at radius 3 is 1.14 bits per heavy atom. The second-order valence-electron chi connectivity index (χ2n) is 4.43. The summed E-state index contributed by atoms with van der Waals surface area (Å²) in [7, 11) is 15.4. The fourth-order valence-electron chi connectivity index (χ4n) is 2.37. The smallest absolute Gasteiger partial charge is 0.327 e. The van der Waals surface area contributed by atoms with Gasteiger partial charge in [0, 0.05) is 0 Å². The molecule has 1 rings (SSSR count). The quantitative estimate of drug-likeness (QED) is 0.515. The maximum Gasteiger partial charge on any atom is 0.407 e. The van der Waals surface area contributed by atoms with E-state index in [9.17, 15) is 0 Å². The SMILES string of the molecule is CN(C)B1N(C)B(N(C)C)N(C)N1C. The van der Waals surface area contributed by atoms with Crippen LogP contribution in [0.25, 0.3) is 0 Å². The molecule has 0 aromatic rings. The summed E-state index contributed by atoms with van der Waals surface area (Å²) in [6, 6.07) is 0. The highest BCUT2D eigenvalue weighted by atomic mass is 15.7. The molecule has 1 saturated heterocycles. The minimum atomic E-state index is 0.326. The predicted octanol–water partition coefficient (Wildman–Crippen LogP) is -1.20. The minimum absolute atomic E-state index is 0.326. The lowest BCUT2D eigenvalue weighted by atomic mass is 9.78. The van der Waals surface area contributed by atoms with Crippen LogP contribution in [0, 0.1) is 0 Å². The molecule has 5 nitrogen and oxygen atoms in total. The van der Waals surface area contributed by atoms with E-state index < -0.39 is 0 Å². The first-order chi connectivity index (χ1) is 6.37. The number of nitrogens with zero attached hydrogens (tertiary/aromatic N) is 5. The van der Waals surface area contributed by atoms with E-state index in [1.807, 2.05) is 0 Å². The van der Waals surface area contributed by atoms with E-state index in [4.69, 9.17) is 0 Å². The van der Waals surface area contributed by atoms with Crippen molar-refractivity contribution in [2.24, 2.45) is 0 Å². The Balaban J connectivity index is 2.85. The molecule has 0 spiro atoms. The molecule has 80 valence electrons. The molecule has 0 bridgehead atoms. The molecular formula is C7H21B2N5. The van der Waals surface area contributed by atoms with Crippen molar-refractivity contribution in [3.8, 4) is 0 Å². The van der Waals surface area contributed by atoms with Crippen LogP contribution in [-0.4, -0.2) is 87.8 Å². The second kappa shape index (κ2) is 4.20. The number of hydrogen-bond donors (Lipinski definition) is 0. The third kappa shape index (κ3) is 1.83. The maximum absolute atomic E-state index is 2.33. The van der Waals surface area contributed by atoms with Crippen molar-refractivity contribution in [1.29, 1.82) is 0 Å². The second-order valence-corrected chi connectivity index (χ2v) is 4.43. The van der Waals surface area contributed by atoms with Gasteiger partial charge in [-0.1, -0.05) is 0 Å². The molecule has 0 saturated carbocycles. The van der Waals surface area contributed by atoms with Crippen LogP contribution in [0.2, 0.25) is 0 Å². The van der Waals surface area contributed by atoms with Crippen LogP contribution >= 0.6 is 0 Å². The van der Waals surface area contributed by atoms with Gasteiger partial charge < -0.3 is 14.3 Å². The number of hydrogen-bond acceptors (Lipinski definition) is 5. The lowest BCUT2D eigenvalue weighted by molar-refractivity contribution is 0.216. The normalized spacial score (nSPS) is 22.1. The van der Waals surface area contributed by atoms with Crippen molar-refractivity contribution in [2.75, 3.05) is 49.3 Å². The van der Waals surface area contributed by atoms with Crippen LogP contribution in [0.5, 0.6) is 0 Å². The van der Waals surface area contributed by atoms with Crippen molar-refractivity contribution in [3.63, 3.8) is 0 Å². The summed E-state index contributed by atoms with van der Waals surface area (Å²) < 4.78 is 2.33. The van der Waals surface area contributed by atoms with E-state index >= 15 is 0 Å². The van der Waals surface area contributed by atoms with Gasteiger partial charge in [0.1, 0.15) is 0 Å². The Kier molecular flexibility index (Phi) is 3.60. The molecule has 0 aromatic carbocycles. The van der Waals surface area contributed by atoms with Crippen LogP contribution < -0.4 is 0 Å². The summed E-state index contributed by atoms with van der Waals surface area (Å²) in [5.74, 6) is 0. The minimum Gasteiger partial charge on any atom is -0.327 e. The van der Waals surface area contributed by atoms with Gasteiger partial charge in [0.25, 0.3) is 0 Å². The fraction of sp³-hybridized carbons (Fsp3) is 1.00. The Bertz CT molecular complexity index is 181. The van der Waals surface area contributed by atoms with Gasteiger partial charge in [-0.2, -0.15) is 0 Å². The van der Waals surface area contributed by atoms with Gasteiger partial charge in [-0.3, -0.25) is 9.84 Å². The van der Waals surface area contributed by atoms with Gasteiger partial charge in [-0.05, 0) is 49.3 Å². The van der Waals surface area contributed by atoms with Crippen molar-refractivity contribution in [2.45, 2.75) is 0 Å². The van der Waals surface area contributed by atoms with Gasteiger partial charge in [0.05, 0.1) is 0 Å². The molecule has 0 atom stereocenters. The maximum atomic E-state index is 2.33. The van der Waals surface area contributed by atoms with Crippen LogP contribution in [0.1, 0.15) is 0 Å². The molecule has 0 unspecified atom stereocenters. The molecule has 1 fully saturated rings. The highest BCUT2D eigenvalue weighted by Crippen LogP contribution is 2.17. The highest BCUT2D eigenvalue weighted by molar-refractivity contribution is 6.70. The molecule has 7 heteroatoms. The summed E-state index contributed by atoms with van der Waals surface area (Å²) in [6.07, 6.45) is 0. The lowest BCUT2D eigenvalue weighted by Crippen LogP contribution is -2.56. The van der Waals surface area contributed by atoms with Crippen LogP contribution in [0.15, 0.2) is 0 Å². The summed E-state index contributed by atoms with van der Waals surface area (Å²) in [4.78, 5) is 8.90. The van der Waals surface area contributed by atoms with Gasteiger partial charge in [0.2, 0.25) is 0 Å². The first-order valence-electron chi connectivity index (χ1n) is 4.88. The largest absolute Gasteiger partial charge is 0.407 e. The first kappa shape index (κ1) is 12.0. The molecule has 1 aliphatic rings. The van der Waals surface area contributed by atoms with Crippen LogP contribution in [-0.2, 0) is 0 Å². The summed E-state index contributed by atoms with van der Waals surface area (Å²) in [6.45, 7) is 0. The van der Waals surface area contributed by atoms with Crippen molar-refractivity contribution >= 4 is 14.2 Å². The fourth-order valence-corrected chi connectivity index (χ4v) is 2.37.